The van der Waals surface area contributed by atoms with Gasteiger partial charge in [0.1, 0.15) is 0 Å². The minimum Gasteiger partial charge on any atom is -0.498 e. The molecule has 1 fully saturated rings. The quantitative estimate of drug-likeness (QED) is 0.528. The van der Waals surface area contributed by atoms with Gasteiger partial charge in [0.25, 0.3) is 0 Å². The average molecular weight is 126 g/mol. The molecule has 0 unspecified atom stereocenters. The maximum Gasteiger partial charge on any atom is 0.0921 e. The van der Waals surface area contributed by atoms with Crippen molar-refractivity contribution >= 4 is 0 Å². The monoisotopic (exact) mass is 126 g/mol. The van der Waals surface area contributed by atoms with E-state index in [9.17, 15) is 0 Å². The first kappa shape index (κ1) is 6.66. The van der Waals surface area contributed by atoms with E-state index in [1.807, 2.05) is 0 Å². The lowest BCUT2D eigenvalue weighted by atomic mass is 10.4. The van der Waals surface area contributed by atoms with Crippen molar-refractivity contribution in [3.05, 3.63) is 11.3 Å². The molecule has 1 rings (SSSR count). The van der Waals surface area contributed by atoms with Crippen molar-refractivity contribution in [2.75, 3.05) is 6.61 Å². The second-order valence-corrected chi connectivity index (χ2v) is 2.51. The third kappa shape index (κ3) is 2.08. The SMILES string of the molecule is CCCOC(C)=C1CC1. The van der Waals surface area contributed by atoms with Crippen LogP contribution < -0.4 is 0 Å². The Morgan fingerprint density at radius 1 is 1.56 bits per heavy atom. The molecule has 0 aromatic rings. The number of hydrogen-bond acceptors (Lipinski definition) is 1. The summed E-state index contributed by atoms with van der Waals surface area (Å²) in [5.74, 6) is 1.18. The minimum atomic E-state index is 0.884. The Bertz CT molecular complexity index is 119. The van der Waals surface area contributed by atoms with E-state index in [1.54, 1.807) is 0 Å². The van der Waals surface area contributed by atoms with Gasteiger partial charge in [-0.25, -0.2) is 0 Å². The lowest BCUT2D eigenvalue weighted by Crippen LogP contribution is -1.88. The Balaban J connectivity index is 2.18. The number of ether oxygens (including phenoxy) is 1. The van der Waals surface area contributed by atoms with Crippen LogP contribution in [0.25, 0.3) is 0 Å². The fraction of sp³-hybridized carbons (Fsp3) is 0.750. The summed E-state index contributed by atoms with van der Waals surface area (Å²) in [5, 5.41) is 0. The molecule has 0 aromatic heterocycles. The Labute approximate surface area is 56.7 Å². The smallest absolute Gasteiger partial charge is 0.0921 e. The van der Waals surface area contributed by atoms with Crippen molar-refractivity contribution in [1.82, 2.24) is 0 Å². The molecule has 9 heavy (non-hydrogen) atoms. The Morgan fingerprint density at radius 2 is 2.22 bits per heavy atom. The van der Waals surface area contributed by atoms with Crippen LogP contribution in [0.2, 0.25) is 0 Å². The number of hydrogen-bond donors (Lipinski definition) is 0. The predicted octanol–water partition coefficient (Wildman–Crippen LogP) is 2.48. The van der Waals surface area contributed by atoms with E-state index in [4.69, 9.17) is 4.74 Å². The molecule has 0 amide bonds. The average Bonchev–Trinajstić information content (AvgIpc) is 2.63. The van der Waals surface area contributed by atoms with Crippen molar-refractivity contribution in [3.8, 4) is 0 Å². The first-order valence-corrected chi connectivity index (χ1v) is 3.66. The van der Waals surface area contributed by atoms with Crippen LogP contribution in [0.1, 0.15) is 33.1 Å². The van der Waals surface area contributed by atoms with Gasteiger partial charge in [0, 0.05) is 0 Å². The molecule has 0 aromatic carbocycles. The number of allylic oxidation sites excluding steroid dienone is 2. The second kappa shape index (κ2) is 2.90. The molecular formula is C8H14O. The summed E-state index contributed by atoms with van der Waals surface area (Å²) in [6, 6.07) is 0. The highest BCUT2D eigenvalue weighted by molar-refractivity contribution is 5.19. The van der Waals surface area contributed by atoms with Gasteiger partial charge < -0.3 is 4.74 Å². The largest absolute Gasteiger partial charge is 0.498 e. The summed E-state index contributed by atoms with van der Waals surface area (Å²) in [5.41, 5.74) is 1.52. The topological polar surface area (TPSA) is 9.23 Å². The summed E-state index contributed by atoms with van der Waals surface area (Å²) in [6.45, 7) is 5.08. The molecule has 0 spiro atoms. The highest BCUT2D eigenvalue weighted by atomic mass is 16.5. The van der Waals surface area contributed by atoms with Crippen molar-refractivity contribution in [1.29, 1.82) is 0 Å². The highest BCUT2D eigenvalue weighted by Crippen LogP contribution is 2.31. The third-order valence-corrected chi connectivity index (χ3v) is 1.52. The molecule has 0 saturated heterocycles. The standard InChI is InChI=1S/C8H14O/c1-3-6-9-7(2)8-4-5-8/h3-6H2,1-2H3. The van der Waals surface area contributed by atoms with Crippen LogP contribution in [-0.4, -0.2) is 6.61 Å². The highest BCUT2D eigenvalue weighted by Gasteiger charge is 2.15. The molecule has 52 valence electrons. The Morgan fingerprint density at radius 3 is 2.67 bits per heavy atom. The summed E-state index contributed by atoms with van der Waals surface area (Å²) >= 11 is 0. The molecule has 1 heteroatoms. The van der Waals surface area contributed by atoms with E-state index in [-0.39, 0.29) is 0 Å². The summed E-state index contributed by atoms with van der Waals surface area (Å²) < 4.78 is 5.39. The molecule has 0 radical (unpaired) electrons. The zero-order valence-corrected chi connectivity index (χ0v) is 6.24. The normalized spacial score (nSPS) is 15.6. The van der Waals surface area contributed by atoms with E-state index in [2.05, 4.69) is 13.8 Å². The van der Waals surface area contributed by atoms with E-state index in [0.29, 0.717) is 0 Å². The van der Waals surface area contributed by atoms with Gasteiger partial charge in [0.05, 0.1) is 12.4 Å². The first-order chi connectivity index (χ1) is 4.34. The van der Waals surface area contributed by atoms with Gasteiger partial charge in [0.15, 0.2) is 0 Å². The van der Waals surface area contributed by atoms with Gasteiger partial charge >= 0.3 is 0 Å². The van der Waals surface area contributed by atoms with Gasteiger partial charge in [0.2, 0.25) is 0 Å². The molecule has 1 nitrogen and oxygen atoms in total. The minimum absolute atomic E-state index is 0.884. The molecule has 0 aliphatic heterocycles. The van der Waals surface area contributed by atoms with E-state index >= 15 is 0 Å². The van der Waals surface area contributed by atoms with Gasteiger partial charge in [-0.05, 0) is 31.8 Å². The van der Waals surface area contributed by atoms with Crippen LogP contribution in [0, 0.1) is 0 Å². The summed E-state index contributed by atoms with van der Waals surface area (Å²) in [7, 11) is 0. The van der Waals surface area contributed by atoms with E-state index in [1.165, 1.54) is 24.2 Å². The lowest BCUT2D eigenvalue weighted by molar-refractivity contribution is 0.213. The van der Waals surface area contributed by atoms with Crippen molar-refractivity contribution in [2.24, 2.45) is 0 Å². The summed E-state index contributed by atoms with van der Waals surface area (Å²) in [4.78, 5) is 0. The van der Waals surface area contributed by atoms with Crippen molar-refractivity contribution in [2.45, 2.75) is 33.1 Å². The van der Waals surface area contributed by atoms with Crippen LogP contribution in [0.15, 0.2) is 11.3 Å². The van der Waals surface area contributed by atoms with Gasteiger partial charge in [-0.2, -0.15) is 0 Å². The number of rotatable bonds is 3. The molecule has 0 N–H and O–H groups in total. The van der Waals surface area contributed by atoms with Crippen LogP contribution in [-0.2, 0) is 4.74 Å². The first-order valence-electron chi connectivity index (χ1n) is 3.66. The molecule has 0 bridgehead atoms. The van der Waals surface area contributed by atoms with Crippen LogP contribution in [0.3, 0.4) is 0 Å². The fourth-order valence-corrected chi connectivity index (χ4v) is 0.772. The van der Waals surface area contributed by atoms with Crippen LogP contribution in [0.5, 0.6) is 0 Å². The fourth-order valence-electron chi connectivity index (χ4n) is 0.772. The predicted molar refractivity (Wildman–Crippen MR) is 38.2 cm³/mol. The zero-order valence-electron chi connectivity index (χ0n) is 6.24. The van der Waals surface area contributed by atoms with E-state index < -0.39 is 0 Å². The maximum absolute atomic E-state index is 5.39. The molecule has 0 heterocycles. The summed E-state index contributed by atoms with van der Waals surface area (Å²) in [6.07, 6.45) is 3.66. The Hall–Kier alpha value is -0.460. The third-order valence-electron chi connectivity index (χ3n) is 1.52. The molecule has 0 atom stereocenters. The molecule has 1 saturated carbocycles. The maximum atomic E-state index is 5.39. The second-order valence-electron chi connectivity index (χ2n) is 2.51. The zero-order chi connectivity index (χ0) is 6.69. The molecule has 1 aliphatic rings. The molecular weight excluding hydrogens is 112 g/mol. The lowest BCUT2D eigenvalue weighted by Gasteiger charge is -2.01. The van der Waals surface area contributed by atoms with Crippen molar-refractivity contribution in [3.63, 3.8) is 0 Å². The van der Waals surface area contributed by atoms with Crippen LogP contribution in [0.4, 0.5) is 0 Å². The molecule has 1 aliphatic carbocycles. The Kier molecular flexibility index (Phi) is 2.15. The van der Waals surface area contributed by atoms with Gasteiger partial charge in [-0.3, -0.25) is 0 Å². The van der Waals surface area contributed by atoms with Crippen molar-refractivity contribution < 1.29 is 4.74 Å². The van der Waals surface area contributed by atoms with Gasteiger partial charge in [-0.15, -0.1) is 0 Å². The van der Waals surface area contributed by atoms with Crippen LogP contribution >= 0.6 is 0 Å². The van der Waals surface area contributed by atoms with Gasteiger partial charge in [-0.1, -0.05) is 6.92 Å². The van der Waals surface area contributed by atoms with E-state index in [0.717, 1.165) is 13.0 Å².